The third-order valence-electron chi connectivity index (χ3n) is 9.82. The van der Waals surface area contributed by atoms with Crippen molar-refractivity contribution in [1.29, 1.82) is 0 Å². The van der Waals surface area contributed by atoms with E-state index < -0.39 is 0 Å². The minimum atomic E-state index is -0.129. The molecule has 0 heterocycles. The van der Waals surface area contributed by atoms with Gasteiger partial charge >= 0.3 is 0 Å². The Kier molecular flexibility index (Phi) is 3.87. The van der Waals surface area contributed by atoms with E-state index in [1.165, 1.54) is 25.7 Å². The van der Waals surface area contributed by atoms with E-state index in [2.05, 4.69) is 27.7 Å². The van der Waals surface area contributed by atoms with E-state index in [0.717, 1.165) is 37.5 Å². The number of fused-ring (bicyclic) bond motifs is 5. The molecular weight excluding hydrogens is 308 g/mol. The molecule has 25 heavy (non-hydrogen) atoms. The van der Waals surface area contributed by atoms with Crippen molar-refractivity contribution in [3.8, 4) is 0 Å². The van der Waals surface area contributed by atoms with E-state index in [4.69, 9.17) is 0 Å². The van der Waals surface area contributed by atoms with Crippen molar-refractivity contribution in [1.82, 2.24) is 0 Å². The van der Waals surface area contributed by atoms with Crippen LogP contribution in [0.3, 0.4) is 0 Å². The summed E-state index contributed by atoms with van der Waals surface area (Å²) < 4.78 is 0. The summed E-state index contributed by atoms with van der Waals surface area (Å²) in [5.74, 6) is 2.60. The molecule has 1 N–H and O–H groups in total. The minimum absolute atomic E-state index is 0.121. The van der Waals surface area contributed by atoms with Crippen LogP contribution in [0.1, 0.15) is 86.0 Å². The molecule has 3 saturated carbocycles. The molecule has 0 bridgehead atoms. The van der Waals surface area contributed by atoms with Crippen molar-refractivity contribution in [2.75, 3.05) is 0 Å². The monoisotopic (exact) mass is 344 g/mol. The Hall–Kier alpha value is -0.630. The summed E-state index contributed by atoms with van der Waals surface area (Å²) >= 11 is 0. The SMILES string of the molecule is CC(=O)[C@@]1(C)CCC2C3CC(C)=C4CC(O)CC[C@]4(C)C3CC[C@@]21C. The third kappa shape index (κ3) is 2.16. The lowest BCUT2D eigenvalue weighted by atomic mass is 9.45. The second-order valence-electron chi connectivity index (χ2n) is 10.5. The molecule has 140 valence electrons. The molecule has 0 radical (unpaired) electrons. The van der Waals surface area contributed by atoms with Gasteiger partial charge in [-0.05, 0) is 93.8 Å². The maximum atomic E-state index is 12.5. The number of carbonyl (C=O) groups excluding carboxylic acids is 1. The van der Waals surface area contributed by atoms with Gasteiger partial charge in [0.1, 0.15) is 5.78 Å². The first kappa shape index (κ1) is 17.8. The van der Waals surface area contributed by atoms with Gasteiger partial charge in [-0.3, -0.25) is 4.79 Å². The Morgan fingerprint density at radius 2 is 1.68 bits per heavy atom. The summed E-state index contributed by atoms with van der Waals surface area (Å²) in [5, 5.41) is 10.2. The van der Waals surface area contributed by atoms with Crippen LogP contribution in [0.4, 0.5) is 0 Å². The van der Waals surface area contributed by atoms with Gasteiger partial charge in [0.25, 0.3) is 0 Å². The zero-order chi connectivity index (χ0) is 18.2. The molecule has 0 saturated heterocycles. The quantitative estimate of drug-likeness (QED) is 0.656. The van der Waals surface area contributed by atoms with Crippen LogP contribution in [0.2, 0.25) is 0 Å². The van der Waals surface area contributed by atoms with Gasteiger partial charge in [-0.15, -0.1) is 0 Å². The summed E-state index contributed by atoms with van der Waals surface area (Å²) in [4.78, 5) is 12.5. The normalized spacial score (nSPS) is 52.4. The molecule has 2 nitrogen and oxygen atoms in total. The molecule has 0 aromatic heterocycles. The molecule has 0 aromatic carbocycles. The van der Waals surface area contributed by atoms with Crippen molar-refractivity contribution in [2.24, 2.45) is 34.0 Å². The Morgan fingerprint density at radius 1 is 1.00 bits per heavy atom. The van der Waals surface area contributed by atoms with E-state index in [9.17, 15) is 9.90 Å². The van der Waals surface area contributed by atoms with Crippen molar-refractivity contribution in [2.45, 2.75) is 92.1 Å². The Morgan fingerprint density at radius 3 is 2.36 bits per heavy atom. The lowest BCUT2D eigenvalue weighted by Crippen LogP contribution is -2.53. The Bertz CT molecular complexity index is 634. The zero-order valence-corrected chi connectivity index (χ0v) is 16.8. The number of carbonyl (C=O) groups is 1. The molecular formula is C23H36O2. The van der Waals surface area contributed by atoms with Crippen molar-refractivity contribution >= 4 is 5.78 Å². The van der Waals surface area contributed by atoms with Crippen molar-refractivity contribution < 1.29 is 9.90 Å². The molecule has 0 aromatic rings. The first-order valence-electron chi connectivity index (χ1n) is 10.5. The van der Waals surface area contributed by atoms with Gasteiger partial charge in [-0.25, -0.2) is 0 Å². The Balaban J connectivity index is 1.73. The predicted molar refractivity (Wildman–Crippen MR) is 101 cm³/mol. The molecule has 0 spiro atoms. The highest BCUT2D eigenvalue weighted by Gasteiger charge is 2.64. The van der Waals surface area contributed by atoms with Crippen LogP contribution in [0.25, 0.3) is 0 Å². The average molecular weight is 345 g/mol. The van der Waals surface area contributed by atoms with Crippen LogP contribution >= 0.6 is 0 Å². The van der Waals surface area contributed by atoms with E-state index in [1.54, 1.807) is 11.1 Å². The molecule has 4 unspecified atom stereocenters. The van der Waals surface area contributed by atoms with E-state index >= 15 is 0 Å². The number of hydrogen-bond acceptors (Lipinski definition) is 2. The van der Waals surface area contributed by atoms with Gasteiger partial charge < -0.3 is 5.11 Å². The van der Waals surface area contributed by atoms with Crippen LogP contribution in [0.5, 0.6) is 0 Å². The maximum absolute atomic E-state index is 12.5. The van der Waals surface area contributed by atoms with Gasteiger partial charge in [-0.2, -0.15) is 0 Å². The van der Waals surface area contributed by atoms with Gasteiger partial charge in [0.2, 0.25) is 0 Å². The smallest absolute Gasteiger partial charge is 0.136 e. The first-order chi connectivity index (χ1) is 11.6. The van der Waals surface area contributed by atoms with Crippen LogP contribution in [-0.2, 0) is 4.79 Å². The summed E-state index contributed by atoms with van der Waals surface area (Å²) in [7, 11) is 0. The molecule has 4 rings (SSSR count). The minimum Gasteiger partial charge on any atom is -0.393 e. The molecule has 0 amide bonds. The fraction of sp³-hybridized carbons (Fsp3) is 0.870. The van der Waals surface area contributed by atoms with Crippen molar-refractivity contribution in [3.05, 3.63) is 11.1 Å². The standard InChI is InChI=1S/C23H36O2/c1-14-12-17-18(21(3)9-6-16(25)13-20(14)21)7-11-23(5)19(17)8-10-22(23,4)15(2)24/h16-19,25H,6-13H2,1-5H3/t16?,17?,18?,19?,21-,22-,23+/m1/s1. The fourth-order valence-electron chi connectivity index (χ4n) is 7.94. The van der Waals surface area contributed by atoms with Crippen LogP contribution < -0.4 is 0 Å². The van der Waals surface area contributed by atoms with Gasteiger partial charge in [0, 0.05) is 5.41 Å². The lowest BCUT2D eigenvalue weighted by Gasteiger charge is -2.60. The maximum Gasteiger partial charge on any atom is 0.136 e. The number of aliphatic hydroxyl groups excluding tert-OH is 1. The molecule has 0 aliphatic heterocycles. The molecule has 4 aliphatic rings. The first-order valence-corrected chi connectivity index (χ1v) is 10.5. The summed E-state index contributed by atoms with van der Waals surface area (Å²) in [6.45, 7) is 11.3. The number of aliphatic hydroxyl groups is 1. The fourth-order valence-corrected chi connectivity index (χ4v) is 7.94. The Labute approximate surface area is 153 Å². The molecule has 7 atom stereocenters. The summed E-state index contributed by atoms with van der Waals surface area (Å²) in [5.41, 5.74) is 3.50. The summed E-state index contributed by atoms with van der Waals surface area (Å²) in [6, 6.07) is 0. The molecule has 2 heteroatoms. The van der Waals surface area contributed by atoms with Crippen LogP contribution in [-0.4, -0.2) is 17.0 Å². The highest BCUT2D eigenvalue weighted by molar-refractivity contribution is 5.83. The highest BCUT2D eigenvalue weighted by Crippen LogP contribution is 2.70. The van der Waals surface area contributed by atoms with Crippen LogP contribution in [0.15, 0.2) is 11.1 Å². The topological polar surface area (TPSA) is 37.3 Å². The van der Waals surface area contributed by atoms with Crippen LogP contribution in [0, 0.1) is 34.0 Å². The second kappa shape index (κ2) is 5.44. The number of hydrogen-bond donors (Lipinski definition) is 1. The zero-order valence-electron chi connectivity index (χ0n) is 16.8. The second-order valence-corrected chi connectivity index (χ2v) is 10.5. The number of allylic oxidation sites excluding steroid dienone is 1. The largest absolute Gasteiger partial charge is 0.393 e. The van der Waals surface area contributed by atoms with Crippen molar-refractivity contribution in [3.63, 3.8) is 0 Å². The number of rotatable bonds is 1. The van der Waals surface area contributed by atoms with Gasteiger partial charge in [-0.1, -0.05) is 31.9 Å². The molecule has 3 fully saturated rings. The third-order valence-corrected chi connectivity index (χ3v) is 9.82. The predicted octanol–water partition coefficient (Wildman–Crippen LogP) is 5.30. The highest BCUT2D eigenvalue weighted by atomic mass is 16.3. The molecule has 4 aliphatic carbocycles. The number of Topliss-reactive ketones (excluding diaryl/α,β-unsaturated/α-hetero) is 1. The van der Waals surface area contributed by atoms with Gasteiger partial charge in [0.15, 0.2) is 0 Å². The summed E-state index contributed by atoms with van der Waals surface area (Å²) in [6.07, 6.45) is 8.88. The van der Waals surface area contributed by atoms with E-state index in [1.807, 2.05) is 6.92 Å². The van der Waals surface area contributed by atoms with Gasteiger partial charge in [0.05, 0.1) is 6.10 Å². The van der Waals surface area contributed by atoms with E-state index in [-0.39, 0.29) is 16.9 Å². The number of ketones is 1. The lowest BCUT2D eigenvalue weighted by molar-refractivity contribution is -0.138. The average Bonchev–Trinajstić information content (AvgIpc) is 2.83. The van der Waals surface area contributed by atoms with E-state index in [0.29, 0.717) is 17.1 Å².